The van der Waals surface area contributed by atoms with Crippen molar-refractivity contribution in [2.45, 2.75) is 12.5 Å². The summed E-state index contributed by atoms with van der Waals surface area (Å²) >= 11 is 3.25. The van der Waals surface area contributed by atoms with E-state index in [1.807, 2.05) is 0 Å². The van der Waals surface area contributed by atoms with E-state index in [4.69, 9.17) is 0 Å². The highest BCUT2D eigenvalue weighted by Crippen LogP contribution is 2.23. The Balaban J connectivity index is 2.23. The molecule has 2 aromatic rings. The summed E-state index contributed by atoms with van der Waals surface area (Å²) in [6, 6.07) is 4.48. The fourth-order valence-corrected chi connectivity index (χ4v) is 1.94. The van der Waals surface area contributed by atoms with Gasteiger partial charge in [-0.3, -0.25) is 4.68 Å². The van der Waals surface area contributed by atoms with E-state index in [-0.39, 0.29) is 12.0 Å². The SMILES string of the molecule is Cn1ncnc1CC(O)c1cc(Br)ccc1F. The van der Waals surface area contributed by atoms with Crippen LogP contribution in [0.4, 0.5) is 4.39 Å². The Morgan fingerprint density at radius 2 is 2.29 bits per heavy atom. The van der Waals surface area contributed by atoms with Crippen LogP contribution in [0, 0.1) is 5.82 Å². The molecule has 1 heterocycles. The number of rotatable bonds is 3. The average Bonchev–Trinajstić information content (AvgIpc) is 2.68. The number of aromatic nitrogens is 3. The van der Waals surface area contributed by atoms with Crippen LogP contribution in [-0.4, -0.2) is 19.9 Å². The fourth-order valence-electron chi connectivity index (χ4n) is 1.56. The summed E-state index contributed by atoms with van der Waals surface area (Å²) in [4.78, 5) is 3.99. The van der Waals surface area contributed by atoms with E-state index in [2.05, 4.69) is 26.0 Å². The van der Waals surface area contributed by atoms with Gasteiger partial charge in [0.25, 0.3) is 0 Å². The number of hydrogen-bond donors (Lipinski definition) is 1. The monoisotopic (exact) mass is 299 g/mol. The van der Waals surface area contributed by atoms with Gasteiger partial charge in [-0.2, -0.15) is 5.10 Å². The fraction of sp³-hybridized carbons (Fsp3) is 0.273. The molecule has 0 fully saturated rings. The molecule has 1 atom stereocenters. The highest BCUT2D eigenvalue weighted by Gasteiger charge is 2.16. The molecule has 1 aromatic heterocycles. The van der Waals surface area contributed by atoms with Crippen molar-refractivity contribution in [3.63, 3.8) is 0 Å². The number of aryl methyl sites for hydroxylation is 1. The maximum atomic E-state index is 13.5. The number of nitrogens with zero attached hydrogens (tertiary/aromatic N) is 3. The van der Waals surface area contributed by atoms with Gasteiger partial charge in [-0.05, 0) is 18.2 Å². The smallest absolute Gasteiger partial charge is 0.138 e. The van der Waals surface area contributed by atoms with Crippen molar-refractivity contribution in [3.8, 4) is 0 Å². The third kappa shape index (κ3) is 2.70. The molecule has 1 aromatic carbocycles. The molecule has 6 heteroatoms. The van der Waals surface area contributed by atoms with Crippen LogP contribution in [0.3, 0.4) is 0 Å². The molecular weight excluding hydrogens is 289 g/mol. The molecule has 0 bridgehead atoms. The van der Waals surface area contributed by atoms with E-state index < -0.39 is 11.9 Å². The van der Waals surface area contributed by atoms with Crippen molar-refractivity contribution in [2.24, 2.45) is 7.05 Å². The van der Waals surface area contributed by atoms with Crippen LogP contribution in [0.15, 0.2) is 29.0 Å². The second-order valence-corrected chi connectivity index (χ2v) is 4.60. The number of hydrogen-bond acceptors (Lipinski definition) is 3. The Morgan fingerprint density at radius 1 is 1.53 bits per heavy atom. The predicted octanol–water partition coefficient (Wildman–Crippen LogP) is 1.99. The topological polar surface area (TPSA) is 50.9 Å². The first-order valence-electron chi connectivity index (χ1n) is 5.04. The highest BCUT2D eigenvalue weighted by atomic mass is 79.9. The van der Waals surface area contributed by atoms with Crippen LogP contribution in [0.25, 0.3) is 0 Å². The standard InChI is InChI=1S/C11H11BrFN3O/c1-16-11(14-6-15-16)5-10(17)8-4-7(12)2-3-9(8)13/h2-4,6,10,17H,5H2,1H3. The lowest BCUT2D eigenvalue weighted by Crippen LogP contribution is -2.09. The van der Waals surface area contributed by atoms with Gasteiger partial charge >= 0.3 is 0 Å². The van der Waals surface area contributed by atoms with Crippen molar-refractivity contribution in [1.82, 2.24) is 14.8 Å². The van der Waals surface area contributed by atoms with Crippen molar-refractivity contribution in [3.05, 3.63) is 46.2 Å². The third-order valence-electron chi connectivity index (χ3n) is 2.50. The molecule has 0 amide bonds. The average molecular weight is 300 g/mol. The molecule has 1 unspecified atom stereocenters. The second kappa shape index (κ2) is 4.93. The first kappa shape index (κ1) is 12.2. The van der Waals surface area contributed by atoms with E-state index in [0.717, 1.165) is 4.47 Å². The molecule has 0 aliphatic carbocycles. The summed E-state index contributed by atoms with van der Waals surface area (Å²) in [6.07, 6.45) is 0.693. The third-order valence-corrected chi connectivity index (χ3v) is 2.99. The van der Waals surface area contributed by atoms with Crippen molar-refractivity contribution in [2.75, 3.05) is 0 Å². The zero-order valence-corrected chi connectivity index (χ0v) is 10.7. The summed E-state index contributed by atoms with van der Waals surface area (Å²) < 4.78 is 15.8. The van der Waals surface area contributed by atoms with E-state index in [1.165, 1.54) is 12.4 Å². The van der Waals surface area contributed by atoms with Crippen LogP contribution < -0.4 is 0 Å². The van der Waals surface area contributed by atoms with Gasteiger partial charge in [0.1, 0.15) is 18.0 Å². The number of benzene rings is 1. The number of aliphatic hydroxyl groups excluding tert-OH is 1. The molecule has 90 valence electrons. The zero-order chi connectivity index (χ0) is 12.4. The second-order valence-electron chi connectivity index (χ2n) is 3.69. The zero-order valence-electron chi connectivity index (χ0n) is 9.14. The molecule has 0 saturated carbocycles. The lowest BCUT2D eigenvalue weighted by Gasteiger charge is -2.11. The first-order chi connectivity index (χ1) is 8.08. The summed E-state index contributed by atoms with van der Waals surface area (Å²) in [5, 5.41) is 13.9. The van der Waals surface area contributed by atoms with Crippen LogP contribution >= 0.6 is 15.9 Å². The van der Waals surface area contributed by atoms with Gasteiger partial charge in [-0.1, -0.05) is 15.9 Å². The molecule has 0 radical (unpaired) electrons. The number of halogens is 2. The molecule has 0 spiro atoms. The molecule has 0 aliphatic rings. The summed E-state index contributed by atoms with van der Waals surface area (Å²) in [5.41, 5.74) is 0.252. The normalized spacial score (nSPS) is 12.7. The van der Waals surface area contributed by atoms with E-state index in [9.17, 15) is 9.50 Å². The van der Waals surface area contributed by atoms with Gasteiger partial charge in [0.05, 0.1) is 6.10 Å². The minimum absolute atomic E-state index is 0.226. The highest BCUT2D eigenvalue weighted by molar-refractivity contribution is 9.10. The Hall–Kier alpha value is -1.27. The minimum atomic E-state index is -0.935. The van der Waals surface area contributed by atoms with Crippen molar-refractivity contribution < 1.29 is 9.50 Å². The Bertz CT molecular complexity index is 529. The Labute approximate surface area is 106 Å². The van der Waals surface area contributed by atoms with E-state index in [0.29, 0.717) is 5.82 Å². The maximum Gasteiger partial charge on any atom is 0.138 e. The van der Waals surface area contributed by atoms with Gasteiger partial charge in [-0.15, -0.1) is 0 Å². The van der Waals surface area contributed by atoms with Crippen LogP contribution in [0.2, 0.25) is 0 Å². The number of aliphatic hydroxyl groups is 1. The molecule has 0 aliphatic heterocycles. The molecule has 0 saturated heterocycles. The maximum absolute atomic E-state index is 13.5. The van der Waals surface area contributed by atoms with Gasteiger partial charge in [0, 0.05) is 23.5 Å². The van der Waals surface area contributed by atoms with Gasteiger partial charge < -0.3 is 5.11 Å². The quantitative estimate of drug-likeness (QED) is 0.943. The molecular formula is C11H11BrFN3O. The van der Waals surface area contributed by atoms with E-state index >= 15 is 0 Å². The van der Waals surface area contributed by atoms with Crippen LogP contribution in [-0.2, 0) is 13.5 Å². The Morgan fingerprint density at radius 3 is 2.94 bits per heavy atom. The Kier molecular flexibility index (Phi) is 3.54. The van der Waals surface area contributed by atoms with E-state index in [1.54, 1.807) is 23.9 Å². The summed E-state index contributed by atoms with van der Waals surface area (Å²) in [7, 11) is 1.73. The largest absolute Gasteiger partial charge is 0.388 e. The van der Waals surface area contributed by atoms with Crippen LogP contribution in [0.5, 0.6) is 0 Å². The lowest BCUT2D eigenvalue weighted by atomic mass is 10.1. The molecule has 4 nitrogen and oxygen atoms in total. The molecule has 17 heavy (non-hydrogen) atoms. The van der Waals surface area contributed by atoms with Gasteiger partial charge in [0.15, 0.2) is 0 Å². The summed E-state index contributed by atoms with van der Waals surface area (Å²) in [6.45, 7) is 0. The molecule has 2 rings (SSSR count). The van der Waals surface area contributed by atoms with Crippen LogP contribution in [0.1, 0.15) is 17.5 Å². The van der Waals surface area contributed by atoms with Crippen molar-refractivity contribution in [1.29, 1.82) is 0 Å². The summed E-state index contributed by atoms with van der Waals surface area (Å²) in [5.74, 6) is 0.180. The van der Waals surface area contributed by atoms with Gasteiger partial charge in [-0.25, -0.2) is 9.37 Å². The van der Waals surface area contributed by atoms with Crippen molar-refractivity contribution >= 4 is 15.9 Å². The lowest BCUT2D eigenvalue weighted by molar-refractivity contribution is 0.169. The first-order valence-corrected chi connectivity index (χ1v) is 5.83. The molecule has 1 N–H and O–H groups in total. The minimum Gasteiger partial charge on any atom is -0.388 e. The predicted molar refractivity (Wildman–Crippen MR) is 63.8 cm³/mol. The van der Waals surface area contributed by atoms with Gasteiger partial charge in [0.2, 0.25) is 0 Å².